The van der Waals surface area contributed by atoms with Gasteiger partial charge in [-0.05, 0) is 17.2 Å². The van der Waals surface area contributed by atoms with Gasteiger partial charge in [0.1, 0.15) is 0 Å². The van der Waals surface area contributed by atoms with Crippen molar-refractivity contribution in [3.8, 4) is 0 Å². The molecule has 3 unspecified atom stereocenters. The second-order valence-electron chi connectivity index (χ2n) is 4.92. The van der Waals surface area contributed by atoms with E-state index in [-0.39, 0.29) is 0 Å². The smallest absolute Gasteiger partial charge is 0.0928 e. The number of halogens is 1. The first-order valence-corrected chi connectivity index (χ1v) is 7.26. The molecule has 0 aromatic heterocycles. The number of hydrogen-bond acceptors (Lipinski definition) is 2. The van der Waals surface area contributed by atoms with Gasteiger partial charge in [-0.15, -0.1) is 0 Å². The molecular weight excluding hydrogens is 302 g/mol. The normalized spacial score (nSPS) is 23.1. The van der Waals surface area contributed by atoms with Crippen LogP contribution in [0.3, 0.4) is 0 Å². The Labute approximate surface area is 121 Å². The van der Waals surface area contributed by atoms with Gasteiger partial charge in [0.05, 0.1) is 6.10 Å². The Hall–Kier alpha value is -1.16. The maximum atomic E-state index is 10.3. The van der Waals surface area contributed by atoms with Crippen LogP contribution in [-0.4, -0.2) is 23.1 Å². The van der Waals surface area contributed by atoms with Crippen LogP contribution in [0.25, 0.3) is 0 Å². The minimum Gasteiger partial charge on any atom is -0.387 e. The summed E-state index contributed by atoms with van der Waals surface area (Å²) in [5.74, 6) is 0. The van der Waals surface area contributed by atoms with Crippen LogP contribution in [0.2, 0.25) is 0 Å². The van der Waals surface area contributed by atoms with Crippen LogP contribution in [-0.2, 0) is 0 Å². The molecular formula is C16H16BrNO. The molecule has 3 heteroatoms. The number of aliphatic hydroxyl groups is 1. The lowest BCUT2D eigenvalue weighted by Gasteiger charge is -2.14. The van der Waals surface area contributed by atoms with E-state index in [0.717, 1.165) is 16.6 Å². The van der Waals surface area contributed by atoms with Crippen molar-refractivity contribution in [2.75, 3.05) is 13.1 Å². The van der Waals surface area contributed by atoms with Gasteiger partial charge in [0, 0.05) is 23.6 Å². The first kappa shape index (κ1) is 12.9. The van der Waals surface area contributed by atoms with Gasteiger partial charge in [-0.1, -0.05) is 64.5 Å². The van der Waals surface area contributed by atoms with E-state index in [9.17, 15) is 5.11 Å². The zero-order chi connectivity index (χ0) is 13.2. The predicted molar refractivity (Wildman–Crippen MR) is 79.9 cm³/mol. The number of β-amino-alcohol motifs (C(OH)–C–C–N with tert-alkyl or cyclic N) is 1. The summed E-state index contributed by atoms with van der Waals surface area (Å²) in [7, 11) is 0. The lowest BCUT2D eigenvalue weighted by Crippen LogP contribution is -2.12. The molecule has 2 nitrogen and oxygen atoms in total. The van der Waals surface area contributed by atoms with Crippen LogP contribution >= 0.6 is 15.9 Å². The predicted octanol–water partition coefficient (Wildman–Crippen LogP) is 3.54. The fourth-order valence-electron chi connectivity index (χ4n) is 2.43. The number of benzene rings is 2. The maximum Gasteiger partial charge on any atom is 0.0928 e. The minimum atomic E-state index is -0.440. The summed E-state index contributed by atoms with van der Waals surface area (Å²) in [6.07, 6.45) is -0.440. The highest BCUT2D eigenvalue weighted by atomic mass is 79.9. The first-order valence-electron chi connectivity index (χ1n) is 6.47. The van der Waals surface area contributed by atoms with E-state index in [0.29, 0.717) is 12.6 Å². The van der Waals surface area contributed by atoms with Crippen molar-refractivity contribution in [3.63, 3.8) is 0 Å². The fourth-order valence-corrected chi connectivity index (χ4v) is 2.98. The van der Waals surface area contributed by atoms with Gasteiger partial charge in [-0.2, -0.15) is 0 Å². The molecule has 2 aromatic carbocycles. The summed E-state index contributed by atoms with van der Waals surface area (Å²) < 4.78 is 0.973. The number of hydrogen-bond donors (Lipinski definition) is 1. The fraction of sp³-hybridized carbons (Fsp3) is 0.250. The maximum absolute atomic E-state index is 10.3. The average Bonchev–Trinajstić information content (AvgIpc) is 3.19. The third kappa shape index (κ3) is 2.89. The highest BCUT2D eigenvalue weighted by Crippen LogP contribution is 2.36. The van der Waals surface area contributed by atoms with Crippen molar-refractivity contribution in [1.82, 2.24) is 4.90 Å². The number of aliphatic hydroxyl groups excluding tert-OH is 1. The Kier molecular flexibility index (Phi) is 3.69. The van der Waals surface area contributed by atoms with Gasteiger partial charge in [0.15, 0.2) is 0 Å². The highest BCUT2D eigenvalue weighted by molar-refractivity contribution is 9.10. The molecule has 0 radical (unpaired) electrons. The van der Waals surface area contributed by atoms with Crippen molar-refractivity contribution in [1.29, 1.82) is 0 Å². The molecule has 1 heterocycles. The molecule has 0 saturated carbocycles. The molecule has 0 spiro atoms. The lowest BCUT2D eigenvalue weighted by molar-refractivity contribution is 0.152. The standard InChI is InChI=1S/C16H16BrNO/c17-14-9-5-4-8-13(14)16(19)11-18-10-15(18)12-6-2-1-3-7-12/h1-9,15-16,19H,10-11H2. The van der Waals surface area contributed by atoms with Gasteiger partial charge in [0.2, 0.25) is 0 Å². The van der Waals surface area contributed by atoms with Crippen LogP contribution in [0.15, 0.2) is 59.1 Å². The van der Waals surface area contributed by atoms with Crippen LogP contribution in [0.1, 0.15) is 23.3 Å². The highest BCUT2D eigenvalue weighted by Gasteiger charge is 2.36. The first-order chi connectivity index (χ1) is 9.25. The summed E-state index contributed by atoms with van der Waals surface area (Å²) >= 11 is 3.49. The van der Waals surface area contributed by atoms with Crippen molar-refractivity contribution in [2.45, 2.75) is 12.1 Å². The lowest BCUT2D eigenvalue weighted by atomic mass is 10.1. The monoisotopic (exact) mass is 317 g/mol. The molecule has 19 heavy (non-hydrogen) atoms. The van der Waals surface area contributed by atoms with Crippen molar-refractivity contribution in [2.24, 2.45) is 0 Å². The van der Waals surface area contributed by atoms with Gasteiger partial charge in [0.25, 0.3) is 0 Å². The van der Waals surface area contributed by atoms with Crippen LogP contribution in [0.4, 0.5) is 0 Å². The Balaban J connectivity index is 1.64. The van der Waals surface area contributed by atoms with Crippen molar-refractivity contribution >= 4 is 15.9 Å². The second-order valence-corrected chi connectivity index (χ2v) is 5.77. The number of nitrogens with zero attached hydrogens (tertiary/aromatic N) is 1. The summed E-state index contributed by atoms with van der Waals surface area (Å²) in [5, 5.41) is 10.3. The van der Waals surface area contributed by atoms with Gasteiger partial charge < -0.3 is 5.11 Å². The zero-order valence-electron chi connectivity index (χ0n) is 10.5. The minimum absolute atomic E-state index is 0.440. The summed E-state index contributed by atoms with van der Waals surface area (Å²) in [5.41, 5.74) is 2.29. The third-order valence-electron chi connectivity index (χ3n) is 3.57. The molecule has 1 aliphatic rings. The van der Waals surface area contributed by atoms with Gasteiger partial charge in [-0.3, -0.25) is 4.90 Å². The van der Waals surface area contributed by atoms with E-state index in [2.05, 4.69) is 45.1 Å². The van der Waals surface area contributed by atoms with Crippen LogP contribution < -0.4 is 0 Å². The van der Waals surface area contributed by atoms with E-state index >= 15 is 0 Å². The summed E-state index contributed by atoms with van der Waals surface area (Å²) in [4.78, 5) is 2.29. The Morgan fingerprint density at radius 1 is 1.11 bits per heavy atom. The average molecular weight is 318 g/mol. The topological polar surface area (TPSA) is 23.2 Å². The zero-order valence-corrected chi connectivity index (χ0v) is 12.1. The molecule has 0 aliphatic carbocycles. The summed E-state index contributed by atoms with van der Waals surface area (Å²) in [6.45, 7) is 1.72. The van der Waals surface area contributed by atoms with Gasteiger partial charge in [-0.25, -0.2) is 0 Å². The molecule has 1 aliphatic heterocycles. The van der Waals surface area contributed by atoms with Crippen LogP contribution in [0, 0.1) is 0 Å². The summed E-state index contributed by atoms with van der Waals surface area (Å²) in [6, 6.07) is 18.8. The molecule has 1 N–H and O–H groups in total. The molecule has 98 valence electrons. The Morgan fingerprint density at radius 3 is 2.53 bits per heavy atom. The third-order valence-corrected chi connectivity index (χ3v) is 4.29. The molecule has 2 aromatic rings. The van der Waals surface area contributed by atoms with Crippen molar-refractivity contribution < 1.29 is 5.11 Å². The molecule has 0 amide bonds. The van der Waals surface area contributed by atoms with Gasteiger partial charge >= 0.3 is 0 Å². The molecule has 1 saturated heterocycles. The molecule has 3 rings (SSSR count). The molecule has 3 atom stereocenters. The van der Waals surface area contributed by atoms with E-state index in [1.165, 1.54) is 5.56 Å². The van der Waals surface area contributed by atoms with Crippen molar-refractivity contribution in [3.05, 3.63) is 70.2 Å². The quantitative estimate of drug-likeness (QED) is 0.872. The Bertz CT molecular complexity index is 558. The Morgan fingerprint density at radius 2 is 1.79 bits per heavy atom. The van der Waals surface area contributed by atoms with Crippen LogP contribution in [0.5, 0.6) is 0 Å². The number of rotatable bonds is 4. The van der Waals surface area contributed by atoms with E-state index in [1.807, 2.05) is 30.3 Å². The molecule has 1 fully saturated rings. The SMILES string of the molecule is OC(CN1CC1c1ccccc1)c1ccccc1Br. The largest absolute Gasteiger partial charge is 0.387 e. The van der Waals surface area contributed by atoms with E-state index in [1.54, 1.807) is 0 Å². The van der Waals surface area contributed by atoms with E-state index < -0.39 is 6.10 Å². The molecule has 0 bridgehead atoms. The van der Waals surface area contributed by atoms with E-state index in [4.69, 9.17) is 0 Å². The second kappa shape index (κ2) is 5.45.